The summed E-state index contributed by atoms with van der Waals surface area (Å²) < 4.78 is 10.7. The molecule has 0 bridgehead atoms. The van der Waals surface area contributed by atoms with Crippen molar-refractivity contribution in [3.8, 4) is 5.75 Å². The highest BCUT2D eigenvalue weighted by Crippen LogP contribution is 2.26. The van der Waals surface area contributed by atoms with Crippen molar-refractivity contribution in [3.05, 3.63) is 18.2 Å². The lowest BCUT2D eigenvalue weighted by Crippen LogP contribution is -2.16. The number of carbonyl (C=O) groups excluding carboxylic acids is 1. The molecule has 0 aromatic heterocycles. The van der Waals surface area contributed by atoms with E-state index in [1.54, 1.807) is 25.3 Å². The van der Waals surface area contributed by atoms with Gasteiger partial charge in [0.25, 0.3) is 0 Å². The van der Waals surface area contributed by atoms with Gasteiger partial charge in [-0.1, -0.05) is 20.3 Å². The van der Waals surface area contributed by atoms with Crippen molar-refractivity contribution in [2.24, 2.45) is 5.92 Å². The minimum absolute atomic E-state index is 0.109. The van der Waals surface area contributed by atoms with Crippen LogP contribution in [0.3, 0.4) is 0 Å². The van der Waals surface area contributed by atoms with Crippen LogP contribution < -0.4 is 15.8 Å². The highest BCUT2D eigenvalue weighted by Gasteiger charge is 2.08. The molecule has 0 aliphatic heterocycles. The first-order valence-electron chi connectivity index (χ1n) is 7.38. The van der Waals surface area contributed by atoms with Crippen molar-refractivity contribution < 1.29 is 14.3 Å². The van der Waals surface area contributed by atoms with Crippen molar-refractivity contribution in [3.63, 3.8) is 0 Å². The Kier molecular flexibility index (Phi) is 7.61. The van der Waals surface area contributed by atoms with Crippen LogP contribution in [0.1, 0.15) is 33.1 Å². The predicted molar refractivity (Wildman–Crippen MR) is 85.5 cm³/mol. The van der Waals surface area contributed by atoms with Gasteiger partial charge < -0.3 is 20.5 Å². The van der Waals surface area contributed by atoms with Gasteiger partial charge >= 0.3 is 0 Å². The summed E-state index contributed by atoms with van der Waals surface area (Å²) in [5.41, 5.74) is 6.87. The van der Waals surface area contributed by atoms with E-state index < -0.39 is 0 Å². The van der Waals surface area contributed by atoms with Gasteiger partial charge in [0, 0.05) is 12.3 Å². The van der Waals surface area contributed by atoms with Gasteiger partial charge in [-0.2, -0.15) is 0 Å². The first-order valence-corrected chi connectivity index (χ1v) is 7.38. The Morgan fingerprint density at radius 1 is 1.43 bits per heavy atom. The molecule has 1 amide bonds. The Labute approximate surface area is 126 Å². The van der Waals surface area contributed by atoms with Crippen molar-refractivity contribution in [2.45, 2.75) is 33.1 Å². The van der Waals surface area contributed by atoms with E-state index in [9.17, 15) is 4.79 Å². The molecule has 1 atom stereocenters. The molecule has 0 saturated heterocycles. The molecule has 0 heterocycles. The highest BCUT2D eigenvalue weighted by molar-refractivity contribution is 5.92. The lowest BCUT2D eigenvalue weighted by molar-refractivity contribution is -0.117. The molecular formula is C16H26N2O3. The second-order valence-electron chi connectivity index (χ2n) is 5.23. The van der Waals surface area contributed by atoms with Gasteiger partial charge in [0.15, 0.2) is 0 Å². The van der Waals surface area contributed by atoms with E-state index in [0.29, 0.717) is 42.7 Å². The number of hydrogen-bond acceptors (Lipinski definition) is 4. The van der Waals surface area contributed by atoms with Crippen LogP contribution in [0.15, 0.2) is 18.2 Å². The van der Waals surface area contributed by atoms with Crippen molar-refractivity contribution >= 4 is 17.3 Å². The van der Waals surface area contributed by atoms with E-state index in [-0.39, 0.29) is 5.91 Å². The molecule has 0 radical (unpaired) electrons. The third-order valence-electron chi connectivity index (χ3n) is 3.15. The fraction of sp³-hybridized carbons (Fsp3) is 0.562. The van der Waals surface area contributed by atoms with Crippen molar-refractivity contribution in [1.82, 2.24) is 0 Å². The number of nitrogen functional groups attached to an aromatic ring is 1. The van der Waals surface area contributed by atoms with Gasteiger partial charge in [0.1, 0.15) is 5.75 Å². The van der Waals surface area contributed by atoms with Crippen LogP contribution >= 0.6 is 0 Å². The predicted octanol–water partition coefficient (Wildman–Crippen LogP) is 3.06. The van der Waals surface area contributed by atoms with E-state index in [2.05, 4.69) is 19.2 Å². The Morgan fingerprint density at radius 3 is 2.86 bits per heavy atom. The lowest BCUT2D eigenvalue weighted by atomic mass is 10.1. The van der Waals surface area contributed by atoms with Gasteiger partial charge in [0.2, 0.25) is 5.91 Å². The first kappa shape index (κ1) is 17.3. The fourth-order valence-electron chi connectivity index (χ4n) is 2.06. The molecule has 5 heteroatoms. The number of ether oxygens (including phenoxy) is 2. The van der Waals surface area contributed by atoms with Crippen LogP contribution in [0.2, 0.25) is 0 Å². The average Bonchev–Trinajstić information content (AvgIpc) is 2.44. The number of carbonyl (C=O) groups is 1. The third kappa shape index (κ3) is 6.49. The summed E-state index contributed by atoms with van der Waals surface area (Å²) in [4.78, 5) is 11.9. The molecule has 118 valence electrons. The van der Waals surface area contributed by atoms with Crippen LogP contribution in [-0.2, 0) is 9.53 Å². The third-order valence-corrected chi connectivity index (χ3v) is 3.15. The molecule has 0 spiro atoms. The first-order chi connectivity index (χ1) is 10.1. The summed E-state index contributed by atoms with van der Waals surface area (Å²) >= 11 is 0. The number of rotatable bonds is 9. The van der Waals surface area contributed by atoms with Crippen LogP contribution in [0.4, 0.5) is 11.4 Å². The van der Waals surface area contributed by atoms with Crippen LogP contribution in [0.5, 0.6) is 5.75 Å². The van der Waals surface area contributed by atoms with Crippen LogP contribution in [-0.4, -0.2) is 26.2 Å². The van der Waals surface area contributed by atoms with Crippen LogP contribution in [0.25, 0.3) is 0 Å². The molecule has 1 aromatic rings. The largest absolute Gasteiger partial charge is 0.495 e. The SMILES string of the molecule is CCCC(C)COCCC(=O)Nc1cc(N)ccc1OC. The molecular weight excluding hydrogens is 268 g/mol. The monoisotopic (exact) mass is 294 g/mol. The molecule has 1 unspecified atom stereocenters. The maximum Gasteiger partial charge on any atom is 0.226 e. The standard InChI is InChI=1S/C16H26N2O3/c1-4-5-12(2)11-21-9-8-16(19)18-14-10-13(17)6-7-15(14)20-3/h6-7,10,12H,4-5,8-9,11,17H2,1-3H3,(H,18,19). The molecule has 0 fully saturated rings. The lowest BCUT2D eigenvalue weighted by Gasteiger charge is -2.12. The minimum atomic E-state index is -0.109. The maximum absolute atomic E-state index is 11.9. The molecule has 1 rings (SSSR count). The number of amides is 1. The molecule has 5 nitrogen and oxygen atoms in total. The van der Waals surface area contributed by atoms with E-state index in [0.717, 1.165) is 12.8 Å². The number of hydrogen-bond donors (Lipinski definition) is 2. The molecule has 1 aromatic carbocycles. The maximum atomic E-state index is 11.9. The molecule has 3 N–H and O–H groups in total. The number of anilines is 2. The molecule has 0 saturated carbocycles. The zero-order chi connectivity index (χ0) is 15.7. The Hall–Kier alpha value is -1.75. The molecule has 0 aliphatic carbocycles. The van der Waals surface area contributed by atoms with Gasteiger partial charge in [0.05, 0.1) is 25.8 Å². The second kappa shape index (κ2) is 9.23. The van der Waals surface area contributed by atoms with Gasteiger partial charge in [-0.25, -0.2) is 0 Å². The summed E-state index contributed by atoms with van der Waals surface area (Å²) in [7, 11) is 1.55. The van der Waals surface area contributed by atoms with Gasteiger partial charge in [-0.3, -0.25) is 4.79 Å². The number of benzene rings is 1. The Bertz CT molecular complexity index is 449. The van der Waals surface area contributed by atoms with Crippen LogP contribution in [0, 0.1) is 5.92 Å². The summed E-state index contributed by atoms with van der Waals surface area (Å²) in [6, 6.07) is 5.14. The quantitative estimate of drug-likeness (QED) is 0.542. The van der Waals surface area contributed by atoms with E-state index in [4.69, 9.17) is 15.2 Å². The minimum Gasteiger partial charge on any atom is -0.495 e. The van der Waals surface area contributed by atoms with Gasteiger partial charge in [-0.05, 0) is 30.5 Å². The fourth-order valence-corrected chi connectivity index (χ4v) is 2.06. The zero-order valence-corrected chi connectivity index (χ0v) is 13.1. The summed E-state index contributed by atoms with van der Waals surface area (Å²) in [5, 5.41) is 2.79. The summed E-state index contributed by atoms with van der Waals surface area (Å²) in [6.45, 7) is 5.43. The van der Waals surface area contributed by atoms with E-state index >= 15 is 0 Å². The normalized spacial score (nSPS) is 12.0. The number of nitrogens with two attached hydrogens (primary N) is 1. The summed E-state index contributed by atoms with van der Waals surface area (Å²) in [6.07, 6.45) is 2.61. The zero-order valence-electron chi connectivity index (χ0n) is 13.1. The summed E-state index contributed by atoms with van der Waals surface area (Å²) in [5.74, 6) is 1.02. The van der Waals surface area contributed by atoms with Crippen molar-refractivity contribution in [1.29, 1.82) is 0 Å². The second-order valence-corrected chi connectivity index (χ2v) is 5.23. The molecule has 0 aliphatic rings. The van der Waals surface area contributed by atoms with Gasteiger partial charge in [-0.15, -0.1) is 0 Å². The number of methoxy groups -OCH3 is 1. The van der Waals surface area contributed by atoms with Crippen molar-refractivity contribution in [2.75, 3.05) is 31.4 Å². The topological polar surface area (TPSA) is 73.6 Å². The highest BCUT2D eigenvalue weighted by atomic mass is 16.5. The van der Waals surface area contributed by atoms with E-state index in [1.165, 1.54) is 0 Å². The number of nitrogens with one attached hydrogen (secondary N) is 1. The Balaban J connectivity index is 2.35. The Morgan fingerprint density at radius 2 is 2.19 bits per heavy atom. The molecule has 21 heavy (non-hydrogen) atoms. The van der Waals surface area contributed by atoms with E-state index in [1.807, 2.05) is 0 Å². The average molecular weight is 294 g/mol. The smallest absolute Gasteiger partial charge is 0.226 e.